The van der Waals surface area contributed by atoms with Crippen LogP contribution in [0.4, 0.5) is 0 Å². The van der Waals surface area contributed by atoms with E-state index >= 15 is 0 Å². The third-order valence-electron chi connectivity index (χ3n) is 3.25. The minimum atomic E-state index is 0.779. The highest BCUT2D eigenvalue weighted by Gasteiger charge is 2.13. The third-order valence-corrected chi connectivity index (χ3v) is 3.25. The molecule has 1 N–H and O–H groups in total. The standard InChI is InChI=1S/C13H20N2/c1-11-5-4-8-15-13(11)9-12-6-2-3-7-14-10-12/h4-5,8,12,14H,2-3,6-7,9-10H2,1H3. The van der Waals surface area contributed by atoms with Crippen LogP contribution in [-0.4, -0.2) is 18.1 Å². The molecular formula is C13H20N2. The lowest BCUT2D eigenvalue weighted by atomic mass is 9.96. The molecule has 0 aromatic carbocycles. The van der Waals surface area contributed by atoms with E-state index in [1.165, 1.54) is 37.1 Å². The molecule has 82 valence electrons. The summed E-state index contributed by atoms with van der Waals surface area (Å²) in [4.78, 5) is 4.48. The molecule has 1 aliphatic rings. The maximum atomic E-state index is 4.48. The second-order valence-corrected chi connectivity index (χ2v) is 4.54. The van der Waals surface area contributed by atoms with Crippen molar-refractivity contribution in [1.29, 1.82) is 0 Å². The highest BCUT2D eigenvalue weighted by Crippen LogP contribution is 2.17. The second kappa shape index (κ2) is 5.26. The minimum absolute atomic E-state index is 0.779. The van der Waals surface area contributed by atoms with Gasteiger partial charge in [-0.15, -0.1) is 0 Å². The van der Waals surface area contributed by atoms with Gasteiger partial charge in [0.25, 0.3) is 0 Å². The molecule has 0 bridgehead atoms. The summed E-state index contributed by atoms with van der Waals surface area (Å²) in [6.07, 6.45) is 7.09. The van der Waals surface area contributed by atoms with E-state index in [-0.39, 0.29) is 0 Å². The van der Waals surface area contributed by atoms with E-state index in [0.717, 1.165) is 18.9 Å². The predicted molar refractivity (Wildman–Crippen MR) is 62.9 cm³/mol. The topological polar surface area (TPSA) is 24.9 Å². The number of rotatable bonds is 2. The molecule has 0 saturated carbocycles. The molecule has 2 heteroatoms. The summed E-state index contributed by atoms with van der Waals surface area (Å²) in [5, 5.41) is 3.51. The Labute approximate surface area is 92.1 Å². The molecule has 1 atom stereocenters. The highest BCUT2D eigenvalue weighted by molar-refractivity contribution is 5.18. The van der Waals surface area contributed by atoms with Gasteiger partial charge in [-0.1, -0.05) is 12.5 Å². The van der Waals surface area contributed by atoms with Crippen molar-refractivity contribution >= 4 is 0 Å². The van der Waals surface area contributed by atoms with Gasteiger partial charge in [-0.3, -0.25) is 4.98 Å². The molecule has 1 aromatic heterocycles. The van der Waals surface area contributed by atoms with Gasteiger partial charge in [0.05, 0.1) is 0 Å². The lowest BCUT2D eigenvalue weighted by Crippen LogP contribution is -2.22. The Bertz CT molecular complexity index is 301. The van der Waals surface area contributed by atoms with Gasteiger partial charge in [0, 0.05) is 11.9 Å². The van der Waals surface area contributed by atoms with Crippen LogP contribution in [-0.2, 0) is 6.42 Å². The number of aromatic nitrogens is 1. The molecular weight excluding hydrogens is 184 g/mol. The fraction of sp³-hybridized carbons (Fsp3) is 0.615. The molecule has 1 aromatic rings. The largest absolute Gasteiger partial charge is 0.316 e. The number of hydrogen-bond acceptors (Lipinski definition) is 2. The summed E-state index contributed by atoms with van der Waals surface area (Å²) < 4.78 is 0. The molecule has 15 heavy (non-hydrogen) atoms. The van der Waals surface area contributed by atoms with Crippen LogP contribution in [0.3, 0.4) is 0 Å². The van der Waals surface area contributed by atoms with E-state index in [1.807, 2.05) is 12.3 Å². The van der Waals surface area contributed by atoms with Gasteiger partial charge in [0.2, 0.25) is 0 Å². The zero-order valence-electron chi connectivity index (χ0n) is 9.50. The molecule has 0 spiro atoms. The molecule has 0 radical (unpaired) electrons. The Hall–Kier alpha value is -0.890. The average Bonchev–Trinajstić information content (AvgIpc) is 2.50. The summed E-state index contributed by atoms with van der Waals surface area (Å²) in [7, 11) is 0. The maximum absolute atomic E-state index is 4.48. The van der Waals surface area contributed by atoms with Crippen LogP contribution in [0, 0.1) is 12.8 Å². The second-order valence-electron chi connectivity index (χ2n) is 4.54. The van der Waals surface area contributed by atoms with Crippen molar-refractivity contribution in [3.05, 3.63) is 29.6 Å². The molecule has 1 aliphatic heterocycles. The van der Waals surface area contributed by atoms with Gasteiger partial charge in [-0.2, -0.15) is 0 Å². The van der Waals surface area contributed by atoms with Gasteiger partial charge >= 0.3 is 0 Å². The highest BCUT2D eigenvalue weighted by atomic mass is 14.9. The third kappa shape index (κ3) is 3.03. The lowest BCUT2D eigenvalue weighted by Gasteiger charge is -2.14. The summed E-state index contributed by atoms with van der Waals surface area (Å²) >= 11 is 0. The first kappa shape index (κ1) is 10.6. The number of nitrogens with zero attached hydrogens (tertiary/aromatic N) is 1. The quantitative estimate of drug-likeness (QED) is 0.799. The van der Waals surface area contributed by atoms with Crippen LogP contribution < -0.4 is 5.32 Å². The molecule has 0 amide bonds. The number of aryl methyl sites for hydroxylation is 1. The number of hydrogen-bond donors (Lipinski definition) is 1. The average molecular weight is 204 g/mol. The van der Waals surface area contributed by atoms with Crippen LogP contribution >= 0.6 is 0 Å². The van der Waals surface area contributed by atoms with Gasteiger partial charge in [0.1, 0.15) is 0 Å². The Morgan fingerprint density at radius 3 is 3.27 bits per heavy atom. The number of nitrogens with one attached hydrogen (secondary N) is 1. The zero-order valence-corrected chi connectivity index (χ0v) is 9.50. The fourth-order valence-corrected chi connectivity index (χ4v) is 2.27. The van der Waals surface area contributed by atoms with Crippen molar-refractivity contribution < 1.29 is 0 Å². The Morgan fingerprint density at radius 1 is 1.47 bits per heavy atom. The van der Waals surface area contributed by atoms with E-state index in [2.05, 4.69) is 23.3 Å². The van der Waals surface area contributed by atoms with Crippen LogP contribution in [0.25, 0.3) is 0 Å². The Kier molecular flexibility index (Phi) is 3.73. The van der Waals surface area contributed by atoms with E-state index in [4.69, 9.17) is 0 Å². The predicted octanol–water partition coefficient (Wildman–Crippen LogP) is 2.32. The van der Waals surface area contributed by atoms with Crippen molar-refractivity contribution in [2.45, 2.75) is 32.6 Å². The number of pyridine rings is 1. The first-order chi connectivity index (χ1) is 7.36. The molecule has 2 rings (SSSR count). The van der Waals surface area contributed by atoms with Crippen molar-refractivity contribution in [2.75, 3.05) is 13.1 Å². The van der Waals surface area contributed by atoms with Gasteiger partial charge in [0.15, 0.2) is 0 Å². The SMILES string of the molecule is Cc1cccnc1CC1CCCCNC1. The van der Waals surface area contributed by atoms with Crippen molar-refractivity contribution in [3.63, 3.8) is 0 Å². The smallest absolute Gasteiger partial charge is 0.0435 e. The van der Waals surface area contributed by atoms with E-state index in [0.29, 0.717) is 0 Å². The van der Waals surface area contributed by atoms with E-state index in [1.54, 1.807) is 0 Å². The normalized spacial score (nSPS) is 22.3. The Balaban J connectivity index is 1.98. The monoisotopic (exact) mass is 204 g/mol. The molecule has 1 unspecified atom stereocenters. The van der Waals surface area contributed by atoms with E-state index < -0.39 is 0 Å². The van der Waals surface area contributed by atoms with Gasteiger partial charge < -0.3 is 5.32 Å². The Morgan fingerprint density at radius 2 is 2.40 bits per heavy atom. The van der Waals surface area contributed by atoms with Crippen LogP contribution in [0.1, 0.15) is 30.5 Å². The summed E-state index contributed by atoms with van der Waals surface area (Å²) in [6.45, 7) is 4.51. The lowest BCUT2D eigenvalue weighted by molar-refractivity contribution is 0.471. The first-order valence-electron chi connectivity index (χ1n) is 5.97. The first-order valence-corrected chi connectivity index (χ1v) is 5.97. The molecule has 0 aliphatic carbocycles. The molecule has 1 fully saturated rings. The van der Waals surface area contributed by atoms with Crippen LogP contribution in [0.5, 0.6) is 0 Å². The molecule has 1 saturated heterocycles. The van der Waals surface area contributed by atoms with Crippen LogP contribution in [0.15, 0.2) is 18.3 Å². The van der Waals surface area contributed by atoms with Crippen molar-refractivity contribution in [1.82, 2.24) is 10.3 Å². The van der Waals surface area contributed by atoms with Gasteiger partial charge in [-0.05, 0) is 56.8 Å². The van der Waals surface area contributed by atoms with Crippen LogP contribution in [0.2, 0.25) is 0 Å². The summed E-state index contributed by atoms with van der Waals surface area (Å²) in [5.41, 5.74) is 2.62. The fourth-order valence-electron chi connectivity index (χ4n) is 2.27. The van der Waals surface area contributed by atoms with Crippen molar-refractivity contribution in [2.24, 2.45) is 5.92 Å². The molecule has 2 heterocycles. The maximum Gasteiger partial charge on any atom is 0.0435 e. The summed E-state index contributed by atoms with van der Waals surface area (Å²) in [6, 6.07) is 4.18. The zero-order chi connectivity index (χ0) is 10.5. The molecule has 2 nitrogen and oxygen atoms in total. The van der Waals surface area contributed by atoms with Gasteiger partial charge in [-0.25, -0.2) is 0 Å². The van der Waals surface area contributed by atoms with Crippen molar-refractivity contribution in [3.8, 4) is 0 Å². The minimum Gasteiger partial charge on any atom is -0.316 e. The summed E-state index contributed by atoms with van der Waals surface area (Å²) in [5.74, 6) is 0.779. The van der Waals surface area contributed by atoms with E-state index in [9.17, 15) is 0 Å².